The molecule has 1 aromatic carbocycles. The van der Waals surface area contributed by atoms with Gasteiger partial charge in [-0.15, -0.1) is 11.3 Å². The number of benzene rings is 1. The van der Waals surface area contributed by atoms with Crippen LogP contribution in [0.25, 0.3) is 10.3 Å². The number of fused-ring (bicyclic) bond motifs is 3. The first-order chi connectivity index (χ1) is 17.2. The van der Waals surface area contributed by atoms with E-state index in [0.717, 1.165) is 10.4 Å². The number of likely N-dealkylation sites (tertiary alicyclic amines) is 1. The number of alkyl halides is 3. The topological polar surface area (TPSA) is 67.4 Å². The maximum absolute atomic E-state index is 15.6. The van der Waals surface area contributed by atoms with Crippen molar-refractivity contribution in [1.82, 2.24) is 19.8 Å². The molecule has 1 fully saturated rings. The summed E-state index contributed by atoms with van der Waals surface area (Å²) in [6.07, 6.45) is 0.824. The van der Waals surface area contributed by atoms with Gasteiger partial charge in [0.25, 0.3) is 5.92 Å². The molecule has 196 valence electrons. The molecule has 0 aliphatic carbocycles. The summed E-state index contributed by atoms with van der Waals surface area (Å²) in [6, 6.07) is 0.733. The molecular weight excluding hydrogens is 501 g/mol. The summed E-state index contributed by atoms with van der Waals surface area (Å²) < 4.78 is 72.2. The van der Waals surface area contributed by atoms with Crippen molar-refractivity contribution in [3.8, 4) is 0 Å². The molecule has 2 aliphatic heterocycles. The molecule has 0 saturated carbocycles. The number of aliphatic hydroxyl groups excluding tert-OH is 1. The van der Waals surface area contributed by atoms with E-state index in [0.29, 0.717) is 43.7 Å². The Kier molecular flexibility index (Phi) is 6.96. The van der Waals surface area contributed by atoms with Crippen molar-refractivity contribution < 1.29 is 27.1 Å². The van der Waals surface area contributed by atoms with Crippen molar-refractivity contribution in [3.05, 3.63) is 46.1 Å². The summed E-state index contributed by atoms with van der Waals surface area (Å²) in [5, 5.41) is 12.3. The maximum Gasteiger partial charge on any atom is 0.283 e. The molecule has 4 heterocycles. The lowest BCUT2D eigenvalue weighted by Crippen LogP contribution is -2.54. The van der Waals surface area contributed by atoms with Gasteiger partial charge in [-0.2, -0.15) is 0 Å². The fraction of sp³-hybridized carbons (Fsp3) is 0.542. The second-order valence-electron chi connectivity index (χ2n) is 9.69. The van der Waals surface area contributed by atoms with Crippen LogP contribution in [0.15, 0.2) is 17.6 Å². The molecule has 3 N–H and O–H groups in total. The zero-order chi connectivity index (χ0) is 25.6. The third-order valence-electron chi connectivity index (χ3n) is 7.03. The van der Waals surface area contributed by atoms with Gasteiger partial charge in [0, 0.05) is 48.2 Å². The van der Waals surface area contributed by atoms with Crippen LogP contribution in [0.5, 0.6) is 0 Å². The van der Waals surface area contributed by atoms with Crippen molar-refractivity contribution in [3.63, 3.8) is 0 Å². The van der Waals surface area contributed by atoms with E-state index in [1.54, 1.807) is 12.4 Å². The van der Waals surface area contributed by atoms with Crippen LogP contribution < -0.4 is 5.32 Å². The number of anilines is 1. The van der Waals surface area contributed by atoms with Crippen LogP contribution in [-0.4, -0.2) is 82.3 Å². The minimum atomic E-state index is -3.45. The maximum atomic E-state index is 15.6. The standard InChI is InChI=1S/C24H28F5N5OS/c1-13-5-16-20(32-23-21(16)30-12-36-23)22(34(13)10-24(28,29)11-35)19-17(26)6-14(7-18(19)27)31-15-8-33(9-15)4-2-3-25/h6-7,12-13,15,22,31-32,35H,2-5,8-11H2,1H3. The third-order valence-corrected chi connectivity index (χ3v) is 7.77. The minimum absolute atomic E-state index is 0.0171. The van der Waals surface area contributed by atoms with Crippen LogP contribution in [-0.2, 0) is 6.42 Å². The first-order valence-corrected chi connectivity index (χ1v) is 12.8. The van der Waals surface area contributed by atoms with E-state index in [4.69, 9.17) is 0 Å². The van der Waals surface area contributed by atoms with Gasteiger partial charge in [-0.1, -0.05) is 0 Å². The molecule has 6 nitrogen and oxygen atoms in total. The second kappa shape index (κ2) is 9.88. The average Bonchev–Trinajstić information content (AvgIpc) is 3.39. The predicted octanol–water partition coefficient (Wildman–Crippen LogP) is 4.32. The van der Waals surface area contributed by atoms with Gasteiger partial charge >= 0.3 is 0 Å². The molecule has 3 aromatic rings. The lowest BCUT2D eigenvalue weighted by molar-refractivity contribution is -0.0869. The monoisotopic (exact) mass is 529 g/mol. The molecular formula is C24H28F5N5OS. The Hall–Kier alpha value is -2.28. The zero-order valence-electron chi connectivity index (χ0n) is 19.7. The molecule has 0 bridgehead atoms. The Balaban J connectivity index is 1.48. The number of halogens is 5. The number of aromatic nitrogens is 2. The van der Waals surface area contributed by atoms with Crippen LogP contribution >= 0.6 is 11.3 Å². The molecule has 2 atom stereocenters. The molecule has 1 saturated heterocycles. The van der Waals surface area contributed by atoms with E-state index in [1.165, 1.54) is 28.4 Å². The lowest BCUT2D eigenvalue weighted by Gasteiger charge is -2.42. The van der Waals surface area contributed by atoms with E-state index in [-0.39, 0.29) is 24.0 Å². The molecule has 0 amide bonds. The fourth-order valence-electron chi connectivity index (χ4n) is 5.31. The number of hydrogen-bond acceptors (Lipinski definition) is 6. The van der Waals surface area contributed by atoms with Gasteiger partial charge in [-0.3, -0.25) is 14.2 Å². The molecule has 0 spiro atoms. The number of hydrogen-bond donors (Lipinski definition) is 3. The summed E-state index contributed by atoms with van der Waals surface area (Å²) in [7, 11) is 0. The number of aromatic amines is 1. The summed E-state index contributed by atoms with van der Waals surface area (Å²) in [5.74, 6) is -5.14. The smallest absolute Gasteiger partial charge is 0.283 e. The Morgan fingerprint density at radius 2 is 1.97 bits per heavy atom. The highest BCUT2D eigenvalue weighted by atomic mass is 32.1. The van der Waals surface area contributed by atoms with Crippen molar-refractivity contribution in [2.24, 2.45) is 0 Å². The number of nitrogens with zero attached hydrogens (tertiary/aromatic N) is 3. The van der Waals surface area contributed by atoms with Crippen LogP contribution in [0, 0.1) is 11.6 Å². The number of aliphatic hydroxyl groups is 1. The quantitative estimate of drug-likeness (QED) is 0.361. The Bertz CT molecular complexity index is 1200. The molecule has 2 aliphatic rings. The van der Waals surface area contributed by atoms with Crippen molar-refractivity contribution in [1.29, 1.82) is 0 Å². The van der Waals surface area contributed by atoms with E-state index in [9.17, 15) is 18.3 Å². The molecule has 5 rings (SSSR count). The first kappa shape index (κ1) is 25.4. The number of thiazole rings is 1. The van der Waals surface area contributed by atoms with Crippen molar-refractivity contribution in [2.75, 3.05) is 44.8 Å². The third kappa shape index (κ3) is 4.71. The van der Waals surface area contributed by atoms with E-state index < -0.39 is 42.8 Å². The average molecular weight is 530 g/mol. The van der Waals surface area contributed by atoms with E-state index >= 15 is 8.78 Å². The van der Waals surface area contributed by atoms with Gasteiger partial charge in [0.15, 0.2) is 0 Å². The van der Waals surface area contributed by atoms with Crippen molar-refractivity contribution in [2.45, 2.75) is 43.8 Å². The van der Waals surface area contributed by atoms with Crippen molar-refractivity contribution >= 4 is 27.4 Å². The summed E-state index contributed by atoms with van der Waals surface area (Å²) in [4.78, 5) is 11.6. The highest BCUT2D eigenvalue weighted by molar-refractivity contribution is 7.16. The highest BCUT2D eigenvalue weighted by Gasteiger charge is 2.44. The zero-order valence-corrected chi connectivity index (χ0v) is 20.5. The Labute approximate surface area is 209 Å². The first-order valence-electron chi connectivity index (χ1n) is 11.9. The molecule has 36 heavy (non-hydrogen) atoms. The molecule has 0 radical (unpaired) electrons. The normalized spacial score (nSPS) is 21.6. The van der Waals surface area contributed by atoms with Crippen LogP contribution in [0.2, 0.25) is 0 Å². The summed E-state index contributed by atoms with van der Waals surface area (Å²) in [6.45, 7) is 1.04. The fourth-order valence-corrected chi connectivity index (χ4v) is 6.03. The van der Waals surface area contributed by atoms with Gasteiger partial charge in [0.2, 0.25) is 0 Å². The lowest BCUT2D eigenvalue weighted by atomic mass is 9.88. The second-order valence-corrected chi connectivity index (χ2v) is 10.5. The van der Waals surface area contributed by atoms with Gasteiger partial charge in [0.1, 0.15) is 28.6 Å². The SMILES string of the molecule is CC1Cc2c([nH]c3scnc23)C(c2c(F)cc(NC3CN(CCCF)C3)cc2F)N1CC(F)(F)CO. The van der Waals surface area contributed by atoms with E-state index in [1.807, 2.05) is 4.90 Å². The van der Waals surface area contributed by atoms with Crippen LogP contribution in [0.4, 0.5) is 27.6 Å². The van der Waals surface area contributed by atoms with Gasteiger partial charge in [-0.25, -0.2) is 22.5 Å². The Morgan fingerprint density at radius 1 is 1.25 bits per heavy atom. The summed E-state index contributed by atoms with van der Waals surface area (Å²) in [5.41, 5.74) is 3.48. The van der Waals surface area contributed by atoms with Crippen LogP contribution in [0.3, 0.4) is 0 Å². The molecule has 2 aromatic heterocycles. The molecule has 12 heteroatoms. The van der Waals surface area contributed by atoms with Gasteiger partial charge < -0.3 is 15.4 Å². The minimum Gasteiger partial charge on any atom is -0.390 e. The highest BCUT2D eigenvalue weighted by Crippen LogP contribution is 2.44. The van der Waals surface area contributed by atoms with E-state index in [2.05, 4.69) is 15.3 Å². The number of nitrogens with one attached hydrogen (secondary N) is 2. The predicted molar refractivity (Wildman–Crippen MR) is 129 cm³/mol. The molecule has 2 unspecified atom stereocenters. The number of H-pyrrole nitrogens is 1. The van der Waals surface area contributed by atoms with Crippen LogP contribution in [0.1, 0.15) is 36.2 Å². The van der Waals surface area contributed by atoms with Gasteiger partial charge in [-0.05, 0) is 31.9 Å². The number of rotatable bonds is 9. The van der Waals surface area contributed by atoms with Gasteiger partial charge in [0.05, 0.1) is 30.8 Å². The Morgan fingerprint density at radius 3 is 2.64 bits per heavy atom. The largest absolute Gasteiger partial charge is 0.390 e. The summed E-state index contributed by atoms with van der Waals surface area (Å²) >= 11 is 1.33.